The maximum atomic E-state index is 2.64. The molecule has 0 N–H and O–H groups in total. The predicted octanol–water partition coefficient (Wildman–Crippen LogP) is 29.5. The summed E-state index contributed by atoms with van der Waals surface area (Å²) in [4.78, 5) is 7.82. The summed E-state index contributed by atoms with van der Waals surface area (Å²) in [7, 11) is 0. The molecule has 7 aliphatic heterocycles. The van der Waals surface area contributed by atoms with Gasteiger partial charge in [-0.3, -0.25) is 0 Å². The second-order valence-corrected chi connectivity index (χ2v) is 36.5. The van der Waals surface area contributed by atoms with E-state index in [1.165, 1.54) is 258 Å². The third-order valence-corrected chi connectivity index (χ3v) is 30.3. The molecule has 11 heterocycles. The van der Waals surface area contributed by atoms with Crippen LogP contribution in [0.25, 0.3) is 208 Å². The highest BCUT2D eigenvalue weighted by Gasteiger charge is 2.50. The van der Waals surface area contributed by atoms with Gasteiger partial charge in [0.05, 0.1) is 9.40 Å². The van der Waals surface area contributed by atoms with E-state index in [1.54, 1.807) is 0 Å². The van der Waals surface area contributed by atoms with Gasteiger partial charge in [0.25, 0.3) is 0 Å². The maximum absolute atomic E-state index is 2.64. The fourth-order valence-corrected chi connectivity index (χ4v) is 25.0. The van der Waals surface area contributed by atoms with Crippen LogP contribution in [0.4, 0.5) is 34.1 Å². The van der Waals surface area contributed by atoms with Gasteiger partial charge in [-0.15, -0.1) is 11.3 Å². The molecule has 0 saturated carbocycles. The van der Waals surface area contributed by atoms with Crippen molar-refractivity contribution in [3.05, 3.63) is 443 Å². The summed E-state index contributed by atoms with van der Waals surface area (Å²) in [5.74, 6) is 0. The average molecular weight is 1660 g/mol. The number of hydrogen-bond acceptors (Lipinski definition) is 4. The topological polar surface area (TPSA) is 24.5 Å². The Morgan fingerprint density at radius 3 is 0.954 bits per heavy atom. The van der Waals surface area contributed by atoms with Gasteiger partial charge in [-0.1, -0.05) is 346 Å². The smallest absolute Gasteiger partial charge is 0.361 e. The lowest BCUT2D eigenvalue weighted by Gasteiger charge is -2.48. The molecule has 0 unspecified atom stereocenters. The van der Waals surface area contributed by atoms with Crippen LogP contribution in [0.1, 0.15) is 0 Å². The van der Waals surface area contributed by atoms with Crippen LogP contribution < -0.4 is 30.8 Å². The first-order valence-corrected chi connectivity index (χ1v) is 46.0. The Bertz CT molecular complexity index is 8610. The van der Waals surface area contributed by atoms with Crippen molar-refractivity contribution in [2.45, 2.75) is 0 Å². The highest BCUT2D eigenvalue weighted by Crippen LogP contribution is 2.58. The van der Waals surface area contributed by atoms with E-state index in [9.17, 15) is 0 Å². The van der Waals surface area contributed by atoms with Crippen molar-refractivity contribution in [2.75, 3.05) is 14.4 Å². The van der Waals surface area contributed by atoms with E-state index >= 15 is 0 Å². The highest BCUT2D eigenvalue weighted by molar-refractivity contribution is 7.27. The van der Waals surface area contributed by atoms with E-state index in [0.29, 0.717) is 0 Å². The number of thiophene rings is 1. The molecule has 20 aromatic carbocycles. The van der Waals surface area contributed by atoms with E-state index in [0.717, 1.165) is 0 Å². The number of benzene rings is 20. The van der Waals surface area contributed by atoms with Crippen LogP contribution in [-0.2, 0) is 0 Å². The molecule has 24 aromatic rings. The molecule has 598 valence electrons. The Labute approximate surface area is 755 Å². The normalized spacial score (nSPS) is 13.1. The number of hydrogen-bond donors (Lipinski definition) is 0. The molecule has 0 saturated heterocycles. The Morgan fingerprint density at radius 2 is 0.462 bits per heavy atom. The van der Waals surface area contributed by atoms with Gasteiger partial charge >= 0.3 is 20.9 Å². The van der Waals surface area contributed by atoms with Crippen molar-refractivity contribution in [3.8, 4) is 122 Å². The van der Waals surface area contributed by atoms with Gasteiger partial charge in [-0.05, 0) is 202 Å². The minimum Gasteiger partial charge on any atom is -0.361 e. The summed E-state index contributed by atoms with van der Waals surface area (Å²) in [5.41, 5.74) is 47.6. The number of anilines is 6. The average Bonchev–Trinajstić information content (AvgIpc) is 1.50. The van der Waals surface area contributed by atoms with Crippen molar-refractivity contribution < 1.29 is 0 Å². The van der Waals surface area contributed by atoms with Crippen LogP contribution in [0.15, 0.2) is 443 Å². The molecule has 130 heavy (non-hydrogen) atoms. The van der Waals surface area contributed by atoms with Crippen molar-refractivity contribution in [1.29, 1.82) is 0 Å². The zero-order chi connectivity index (χ0) is 84.7. The highest BCUT2D eigenvalue weighted by atomic mass is 32.1. The van der Waals surface area contributed by atoms with E-state index in [-0.39, 0.29) is 20.9 Å². The minimum absolute atomic E-state index is 0.00553. The third-order valence-electron chi connectivity index (χ3n) is 29.0. The van der Waals surface area contributed by atoms with Crippen LogP contribution in [0.3, 0.4) is 0 Å². The molecule has 0 atom stereocenters. The van der Waals surface area contributed by atoms with E-state index in [1.807, 2.05) is 11.3 Å². The number of fused-ring (bicyclic) bond motifs is 25. The molecular weight excluding hydrogens is 1590 g/mol. The summed E-state index contributed by atoms with van der Waals surface area (Å²) in [5, 5.41) is 10.5. The number of nitrogens with zero attached hydrogens (tertiary/aromatic N) is 6. The largest absolute Gasteiger partial charge is 0.422 e. The van der Waals surface area contributed by atoms with E-state index in [4.69, 9.17) is 0 Å². The summed E-state index contributed by atoms with van der Waals surface area (Å²) in [6.07, 6.45) is 0. The zero-order valence-corrected chi connectivity index (χ0v) is 71.3. The monoisotopic (exact) mass is 1660 g/mol. The first-order valence-electron chi connectivity index (χ1n) is 45.2. The van der Waals surface area contributed by atoms with Crippen LogP contribution in [-0.4, -0.2) is 34.4 Å². The molecule has 10 heteroatoms. The molecule has 31 rings (SSSR count). The standard InChI is InChI=1S/C42H25BN2S.C42H25BN2.C36H23BN2/c1-3-10-26(11-4-1)28-20-22-36-34(24-28)30-14-7-15-31-35-25-29(27-12-5-2-6-13-27)21-23-37(35)45-39-19-9-17-33-32-16-8-18-38(41(32)46-42(33)39)44(36)43(45)40(30)31;1-3-12-26(13-4-1)28-22-34-30-16-7-9-20-38(30)44-41(34)36(24-28)32-18-11-19-33-37-25-29(27-14-5-2-6-15-27)23-35-31-17-8-10-21-39(31)45(42(35)37)43(44)40(32)33;1-2-10-24(11-3-1)25-20-22-26(23-21-25)38-33-18-6-4-12-27(33)29-14-8-15-30-32-17-9-16-31-28-13-5-7-19-34(28)39(36(31)32)37(38)35(29)30/h1-25H;1-25H;1-23H. The number of para-hydroxylation sites is 5. The number of rotatable bonds is 6. The molecule has 6 nitrogen and oxygen atoms in total. The Balaban J connectivity index is 0.0000000964. The van der Waals surface area contributed by atoms with E-state index in [2.05, 4.69) is 471 Å². The fraction of sp³-hybridized carbons (Fsp3) is 0. The molecule has 4 aromatic heterocycles. The summed E-state index contributed by atoms with van der Waals surface area (Å²) in [6.45, 7) is -0.0181. The van der Waals surface area contributed by atoms with Crippen LogP contribution in [0, 0.1) is 0 Å². The Morgan fingerprint density at radius 1 is 0.162 bits per heavy atom. The molecule has 0 spiro atoms. The fourth-order valence-electron chi connectivity index (χ4n) is 23.6. The maximum Gasteiger partial charge on any atom is 0.422 e. The van der Waals surface area contributed by atoms with Crippen LogP contribution in [0.5, 0.6) is 0 Å². The summed E-state index contributed by atoms with van der Waals surface area (Å²) < 4.78 is 10.6. The summed E-state index contributed by atoms with van der Waals surface area (Å²) >= 11 is 1.93. The third kappa shape index (κ3) is 10.1. The molecule has 0 amide bonds. The molecular formula is C120H73B3N6S. The van der Waals surface area contributed by atoms with Gasteiger partial charge < -0.3 is 27.9 Å². The lowest BCUT2D eigenvalue weighted by atomic mass is 9.53. The summed E-state index contributed by atoms with van der Waals surface area (Å²) in [6, 6.07) is 164. The van der Waals surface area contributed by atoms with Crippen LogP contribution >= 0.6 is 11.3 Å². The minimum atomic E-state index is -0.0293. The first-order chi connectivity index (χ1) is 64.6. The van der Waals surface area contributed by atoms with Crippen molar-refractivity contribution >= 4 is 168 Å². The zero-order valence-electron chi connectivity index (χ0n) is 70.5. The Hall–Kier alpha value is -16.4. The molecule has 0 fully saturated rings. The first kappa shape index (κ1) is 71.8. The lowest BCUT2D eigenvalue weighted by Crippen LogP contribution is -2.62. The molecule has 6 bridgehead atoms. The van der Waals surface area contributed by atoms with Crippen molar-refractivity contribution in [2.24, 2.45) is 0 Å². The second kappa shape index (κ2) is 27.6. The van der Waals surface area contributed by atoms with Gasteiger partial charge in [-0.2, -0.15) is 0 Å². The molecule has 0 radical (unpaired) electrons. The predicted molar refractivity (Wildman–Crippen MR) is 553 cm³/mol. The quantitative estimate of drug-likeness (QED) is 0.155. The lowest BCUT2D eigenvalue weighted by molar-refractivity contribution is 1.18. The van der Waals surface area contributed by atoms with Gasteiger partial charge in [-0.25, -0.2) is 0 Å². The van der Waals surface area contributed by atoms with Crippen molar-refractivity contribution in [3.63, 3.8) is 0 Å². The van der Waals surface area contributed by atoms with Crippen LogP contribution in [0.2, 0.25) is 0 Å². The van der Waals surface area contributed by atoms with Gasteiger partial charge in [0, 0.05) is 144 Å². The Kier molecular flexibility index (Phi) is 15.2. The molecule has 7 aliphatic rings. The van der Waals surface area contributed by atoms with Crippen molar-refractivity contribution in [1.82, 2.24) is 13.4 Å². The second-order valence-electron chi connectivity index (χ2n) is 35.5. The number of aromatic nitrogens is 3. The van der Waals surface area contributed by atoms with E-state index < -0.39 is 0 Å². The SMILES string of the molecule is c1ccc(-c2cc3c4c(c2)c2ccccc2n4B2c4c-3cccc4-c3cc(-c4ccccc4)cc4c5ccccc5n2c34)cc1.c1ccc(-c2ccc(N3B4c5c(cccc5-c5cccc6c7ccccc7n4c56)-c4ccccc43)cc2)cc1.c1ccc(-c2ccc3c(c2)-c2cccc4c2B2N3c3cccc5c3sc3c(cccc35)N2c2ccc(-c3ccccc3)cc2-4)cc1. The molecule has 0 aliphatic carbocycles. The van der Waals surface area contributed by atoms with Gasteiger partial charge in [0.15, 0.2) is 0 Å². The van der Waals surface area contributed by atoms with Gasteiger partial charge in [0.1, 0.15) is 0 Å². The van der Waals surface area contributed by atoms with Gasteiger partial charge in [0.2, 0.25) is 0 Å².